The van der Waals surface area contributed by atoms with Crippen LogP contribution in [0.1, 0.15) is 5.56 Å². The molecule has 2 N–H and O–H groups in total. The van der Waals surface area contributed by atoms with Gasteiger partial charge in [-0.25, -0.2) is 10.2 Å². The van der Waals surface area contributed by atoms with Crippen LogP contribution in [0.4, 0.5) is 5.82 Å². The Morgan fingerprint density at radius 2 is 1.97 bits per heavy atom. The van der Waals surface area contributed by atoms with E-state index in [1.165, 1.54) is 6.21 Å². The number of aliphatic carboxylic acids is 1. The quantitative estimate of drug-likeness (QED) is 0.435. The maximum absolute atomic E-state index is 11.9. The van der Waals surface area contributed by atoms with Crippen molar-refractivity contribution in [3.63, 3.8) is 0 Å². The zero-order valence-electron chi connectivity index (χ0n) is 15.3. The lowest BCUT2D eigenvalue weighted by Crippen LogP contribution is -2.36. The lowest BCUT2D eigenvalue weighted by Gasteiger charge is -2.26. The van der Waals surface area contributed by atoms with Gasteiger partial charge in [0, 0.05) is 13.1 Å². The number of carboxylic acid groups (broad SMARTS) is 1. The fraction of sp³-hybridized carbons (Fsp3) is 0.353. The number of nitrogens with zero attached hydrogens (tertiary/aromatic N) is 4. The molecule has 3 rings (SSSR count). The van der Waals surface area contributed by atoms with Crippen molar-refractivity contribution >= 4 is 35.6 Å². The summed E-state index contributed by atoms with van der Waals surface area (Å²) in [6.07, 6.45) is 1.45. The van der Waals surface area contributed by atoms with Gasteiger partial charge in [-0.05, 0) is 29.8 Å². The normalized spacial score (nSPS) is 14.0. The van der Waals surface area contributed by atoms with Gasteiger partial charge in [-0.15, -0.1) is 4.37 Å². The zero-order valence-corrected chi connectivity index (χ0v) is 16.1. The highest BCUT2D eigenvalue weighted by molar-refractivity contribution is 6.99. The van der Waals surface area contributed by atoms with Crippen molar-refractivity contribution in [2.24, 2.45) is 5.10 Å². The molecule has 1 aliphatic rings. The summed E-state index contributed by atoms with van der Waals surface area (Å²) in [5.41, 5.74) is 3.07. The van der Waals surface area contributed by atoms with E-state index in [4.69, 9.17) is 19.3 Å². The van der Waals surface area contributed by atoms with Crippen LogP contribution in [0.15, 0.2) is 29.4 Å². The molecular formula is C17H19N5O6S. The van der Waals surface area contributed by atoms with Gasteiger partial charge in [0.1, 0.15) is 5.75 Å². The van der Waals surface area contributed by atoms with Crippen molar-refractivity contribution in [1.82, 2.24) is 14.2 Å². The first-order valence-corrected chi connectivity index (χ1v) is 9.39. The molecule has 1 amide bonds. The Bertz CT molecular complexity index is 850. The van der Waals surface area contributed by atoms with E-state index in [-0.39, 0.29) is 6.61 Å². The minimum Gasteiger partial charge on any atom is -0.482 e. The predicted octanol–water partition coefficient (Wildman–Crippen LogP) is 0.367. The Hall–Kier alpha value is -3.25. The van der Waals surface area contributed by atoms with Gasteiger partial charge < -0.3 is 24.2 Å². The Kier molecular flexibility index (Phi) is 7.30. The highest BCUT2D eigenvalue weighted by Gasteiger charge is 2.20. The van der Waals surface area contributed by atoms with Gasteiger partial charge in [-0.3, -0.25) is 4.79 Å². The average Bonchev–Trinajstić information content (AvgIpc) is 3.21. The van der Waals surface area contributed by atoms with Crippen molar-refractivity contribution in [3.05, 3.63) is 29.8 Å². The van der Waals surface area contributed by atoms with Crippen molar-refractivity contribution in [2.75, 3.05) is 44.4 Å². The van der Waals surface area contributed by atoms with Gasteiger partial charge in [0.15, 0.2) is 13.2 Å². The summed E-state index contributed by atoms with van der Waals surface area (Å²) < 4.78 is 24.1. The molecule has 11 nitrogen and oxygen atoms in total. The molecule has 0 radical (unpaired) electrons. The van der Waals surface area contributed by atoms with Crippen molar-refractivity contribution in [2.45, 2.75) is 0 Å². The average molecular weight is 421 g/mol. The van der Waals surface area contributed by atoms with E-state index in [9.17, 15) is 9.59 Å². The summed E-state index contributed by atoms with van der Waals surface area (Å²) in [5, 5.41) is 12.4. The van der Waals surface area contributed by atoms with Crippen LogP contribution < -0.4 is 19.8 Å². The smallest absolute Gasteiger partial charge is 0.341 e. The standard InChI is InChI=1S/C17H19N5O6S/c23-14(10-28-17-16(20-29-21-17)22-5-7-26-8-6-22)19-18-9-12-1-3-13(4-2-12)27-11-15(24)25/h1-4,9H,5-8,10-11H2,(H,19,23)(H,24,25)/b18-9-. The molecule has 1 fully saturated rings. The van der Waals surface area contributed by atoms with Gasteiger partial charge in [-0.1, -0.05) is 0 Å². The summed E-state index contributed by atoms with van der Waals surface area (Å²) in [6.45, 7) is 1.95. The number of anilines is 1. The van der Waals surface area contributed by atoms with Gasteiger partial charge in [-0.2, -0.15) is 9.47 Å². The molecule has 0 atom stereocenters. The fourth-order valence-corrected chi connectivity index (χ4v) is 2.90. The van der Waals surface area contributed by atoms with Gasteiger partial charge >= 0.3 is 5.97 Å². The van der Waals surface area contributed by atoms with Crippen LogP contribution in [0, 0.1) is 0 Å². The molecule has 2 aromatic rings. The second-order valence-corrected chi connectivity index (χ2v) is 6.35. The first-order chi connectivity index (χ1) is 14.1. The molecule has 0 bridgehead atoms. The molecule has 1 saturated heterocycles. The second kappa shape index (κ2) is 10.3. The van der Waals surface area contributed by atoms with Gasteiger partial charge in [0.2, 0.25) is 5.82 Å². The summed E-state index contributed by atoms with van der Waals surface area (Å²) in [5.74, 6) is -0.141. The molecule has 0 aliphatic carbocycles. The third kappa shape index (κ3) is 6.40. The topological polar surface area (TPSA) is 135 Å². The highest BCUT2D eigenvalue weighted by atomic mass is 32.1. The van der Waals surface area contributed by atoms with E-state index >= 15 is 0 Å². The molecule has 154 valence electrons. The first kappa shape index (κ1) is 20.5. The maximum Gasteiger partial charge on any atom is 0.341 e. The number of carboxylic acids is 1. The van der Waals surface area contributed by atoms with Gasteiger partial charge in [0.05, 0.1) is 31.2 Å². The lowest BCUT2D eigenvalue weighted by molar-refractivity contribution is -0.139. The van der Waals surface area contributed by atoms with E-state index in [0.717, 1.165) is 11.7 Å². The number of carbonyl (C=O) groups excluding carboxylic acids is 1. The predicted molar refractivity (Wildman–Crippen MR) is 104 cm³/mol. The number of ether oxygens (including phenoxy) is 3. The molecular weight excluding hydrogens is 402 g/mol. The number of aromatic nitrogens is 2. The van der Waals surface area contributed by atoms with Crippen LogP contribution in [-0.4, -0.2) is 71.5 Å². The molecule has 1 aliphatic heterocycles. The monoisotopic (exact) mass is 421 g/mol. The summed E-state index contributed by atoms with van der Waals surface area (Å²) in [4.78, 5) is 24.4. The van der Waals surface area contributed by atoms with Gasteiger partial charge in [0.25, 0.3) is 11.8 Å². The van der Waals surface area contributed by atoms with Crippen LogP contribution in [0.3, 0.4) is 0 Å². The second-order valence-electron chi connectivity index (χ2n) is 5.83. The van der Waals surface area contributed by atoms with E-state index in [0.29, 0.717) is 49.3 Å². The molecule has 12 heteroatoms. The summed E-state index contributed by atoms with van der Waals surface area (Å²) in [7, 11) is 0. The van der Waals surface area contributed by atoms with Crippen LogP contribution in [0.2, 0.25) is 0 Å². The van der Waals surface area contributed by atoms with Crippen molar-refractivity contribution in [3.8, 4) is 11.6 Å². The lowest BCUT2D eigenvalue weighted by atomic mass is 10.2. The highest BCUT2D eigenvalue weighted by Crippen LogP contribution is 2.26. The Balaban J connectivity index is 1.43. The molecule has 0 unspecified atom stereocenters. The molecule has 1 aromatic carbocycles. The Labute approximate surface area is 170 Å². The number of hydrazone groups is 1. The van der Waals surface area contributed by atoms with Crippen molar-refractivity contribution < 1.29 is 28.9 Å². The van der Waals surface area contributed by atoms with E-state index in [2.05, 4.69) is 19.3 Å². The molecule has 1 aromatic heterocycles. The number of rotatable bonds is 9. The summed E-state index contributed by atoms with van der Waals surface area (Å²) >= 11 is 1.02. The number of hydrogen-bond donors (Lipinski definition) is 2. The van der Waals surface area contributed by atoms with E-state index < -0.39 is 18.5 Å². The number of nitrogens with one attached hydrogen (secondary N) is 1. The zero-order chi connectivity index (χ0) is 20.5. The first-order valence-electron chi connectivity index (χ1n) is 8.66. The largest absolute Gasteiger partial charge is 0.482 e. The third-order valence-electron chi connectivity index (χ3n) is 3.74. The molecule has 0 saturated carbocycles. The molecule has 29 heavy (non-hydrogen) atoms. The number of hydrogen-bond acceptors (Lipinski definition) is 10. The van der Waals surface area contributed by atoms with Crippen LogP contribution in [0.25, 0.3) is 0 Å². The minimum atomic E-state index is -1.05. The maximum atomic E-state index is 11.9. The number of carbonyl (C=O) groups is 2. The molecule has 2 heterocycles. The number of amides is 1. The number of morpholine rings is 1. The minimum absolute atomic E-state index is 0.248. The summed E-state index contributed by atoms with van der Waals surface area (Å²) in [6, 6.07) is 6.58. The van der Waals surface area contributed by atoms with Crippen LogP contribution in [0.5, 0.6) is 11.6 Å². The van der Waals surface area contributed by atoms with Crippen molar-refractivity contribution in [1.29, 1.82) is 0 Å². The van der Waals surface area contributed by atoms with Crippen LogP contribution >= 0.6 is 11.7 Å². The molecule has 0 spiro atoms. The Morgan fingerprint density at radius 3 is 2.69 bits per heavy atom. The number of benzene rings is 1. The van der Waals surface area contributed by atoms with E-state index in [1.807, 2.05) is 4.90 Å². The van der Waals surface area contributed by atoms with E-state index in [1.54, 1.807) is 24.3 Å². The van der Waals surface area contributed by atoms with Crippen LogP contribution in [-0.2, 0) is 14.3 Å². The SMILES string of the molecule is O=C(O)COc1ccc(/C=N\NC(=O)COc2nsnc2N2CCOCC2)cc1. The fourth-order valence-electron chi connectivity index (χ4n) is 2.38. The Morgan fingerprint density at radius 1 is 1.21 bits per heavy atom. The third-order valence-corrected chi connectivity index (χ3v) is 4.24.